The second-order valence-electron chi connectivity index (χ2n) is 3.52. The molecule has 0 bridgehead atoms. The van der Waals surface area contributed by atoms with Crippen molar-refractivity contribution in [3.8, 4) is 0 Å². The predicted octanol–water partition coefficient (Wildman–Crippen LogP) is 1.89. The van der Waals surface area contributed by atoms with Gasteiger partial charge in [-0.2, -0.15) is 0 Å². The largest absolute Gasteiger partial charge is 0.388 e. The maximum absolute atomic E-state index is 12.9. The van der Waals surface area contributed by atoms with E-state index in [1.54, 1.807) is 24.5 Å². The van der Waals surface area contributed by atoms with Crippen LogP contribution in [0.15, 0.2) is 43.0 Å². The molecule has 0 aliphatic carbocycles. The Balaban J connectivity index is 2.11. The van der Waals surface area contributed by atoms with Crippen molar-refractivity contribution in [1.82, 2.24) is 9.97 Å². The zero-order chi connectivity index (χ0) is 11.4. The van der Waals surface area contributed by atoms with Crippen molar-refractivity contribution < 1.29 is 9.50 Å². The van der Waals surface area contributed by atoms with Crippen molar-refractivity contribution >= 4 is 0 Å². The molecule has 1 N–H and O–H groups in total. The fraction of sp³-hybridized carbons (Fsp3) is 0.167. The summed E-state index contributed by atoms with van der Waals surface area (Å²) in [7, 11) is 0. The highest BCUT2D eigenvalue weighted by atomic mass is 19.1. The first-order valence-corrected chi connectivity index (χ1v) is 4.93. The van der Waals surface area contributed by atoms with E-state index >= 15 is 0 Å². The Labute approximate surface area is 92.6 Å². The lowest BCUT2D eigenvalue weighted by molar-refractivity contribution is 0.177. The van der Waals surface area contributed by atoms with Crippen LogP contribution < -0.4 is 0 Å². The first-order valence-electron chi connectivity index (χ1n) is 4.93. The Kier molecular flexibility index (Phi) is 3.22. The summed E-state index contributed by atoms with van der Waals surface area (Å²) in [6.07, 6.45) is 4.15. The Hall–Kier alpha value is -1.81. The number of aliphatic hydroxyl groups excluding tert-OH is 1. The van der Waals surface area contributed by atoms with Crippen molar-refractivity contribution in [3.05, 3.63) is 59.9 Å². The van der Waals surface area contributed by atoms with Crippen molar-refractivity contribution in [2.75, 3.05) is 0 Å². The fourth-order valence-corrected chi connectivity index (χ4v) is 1.49. The molecule has 3 nitrogen and oxygen atoms in total. The van der Waals surface area contributed by atoms with Crippen molar-refractivity contribution in [1.29, 1.82) is 0 Å². The zero-order valence-electron chi connectivity index (χ0n) is 8.55. The van der Waals surface area contributed by atoms with E-state index in [4.69, 9.17) is 0 Å². The van der Waals surface area contributed by atoms with Gasteiger partial charge in [0.1, 0.15) is 12.1 Å². The standard InChI is InChI=1S/C12H11FN2O/c13-11-3-1-2-9(4-11)5-12(16)10-6-14-8-15-7-10/h1-4,6-8,12,16H,5H2. The Morgan fingerprint density at radius 2 is 2.00 bits per heavy atom. The maximum atomic E-state index is 12.9. The summed E-state index contributed by atoms with van der Waals surface area (Å²) >= 11 is 0. The third-order valence-electron chi connectivity index (χ3n) is 2.28. The van der Waals surface area contributed by atoms with Crippen LogP contribution in [-0.2, 0) is 6.42 Å². The highest BCUT2D eigenvalue weighted by Crippen LogP contribution is 2.16. The van der Waals surface area contributed by atoms with Crippen LogP contribution >= 0.6 is 0 Å². The van der Waals surface area contributed by atoms with E-state index in [-0.39, 0.29) is 5.82 Å². The topological polar surface area (TPSA) is 46.0 Å². The van der Waals surface area contributed by atoms with E-state index in [0.717, 1.165) is 5.56 Å². The molecule has 0 aliphatic rings. The second kappa shape index (κ2) is 4.81. The van der Waals surface area contributed by atoms with Crippen LogP contribution in [0.2, 0.25) is 0 Å². The van der Waals surface area contributed by atoms with Gasteiger partial charge in [0.15, 0.2) is 0 Å². The summed E-state index contributed by atoms with van der Waals surface area (Å²) in [5.41, 5.74) is 1.38. The molecule has 0 amide bonds. The molecule has 4 heteroatoms. The number of nitrogens with zero attached hydrogens (tertiary/aromatic N) is 2. The molecule has 0 aliphatic heterocycles. The molecule has 1 aromatic heterocycles. The lowest BCUT2D eigenvalue weighted by Gasteiger charge is -2.09. The number of hydrogen-bond donors (Lipinski definition) is 1. The van der Waals surface area contributed by atoms with E-state index in [9.17, 15) is 9.50 Å². The second-order valence-corrected chi connectivity index (χ2v) is 3.52. The van der Waals surface area contributed by atoms with Gasteiger partial charge in [-0.3, -0.25) is 0 Å². The van der Waals surface area contributed by atoms with Gasteiger partial charge >= 0.3 is 0 Å². The zero-order valence-corrected chi connectivity index (χ0v) is 8.55. The van der Waals surface area contributed by atoms with E-state index in [2.05, 4.69) is 9.97 Å². The monoisotopic (exact) mass is 218 g/mol. The predicted molar refractivity (Wildman–Crippen MR) is 57.1 cm³/mol. The van der Waals surface area contributed by atoms with Crippen molar-refractivity contribution in [2.45, 2.75) is 12.5 Å². The number of hydrogen-bond acceptors (Lipinski definition) is 3. The number of aliphatic hydroxyl groups is 1. The molecule has 0 fully saturated rings. The molecule has 1 aromatic carbocycles. The molecule has 16 heavy (non-hydrogen) atoms. The maximum Gasteiger partial charge on any atom is 0.123 e. The summed E-state index contributed by atoms with van der Waals surface area (Å²) in [5.74, 6) is -0.297. The van der Waals surface area contributed by atoms with E-state index in [1.807, 2.05) is 0 Å². The molecule has 2 aromatic rings. The quantitative estimate of drug-likeness (QED) is 0.855. The molecule has 0 spiro atoms. The molecular formula is C12H11FN2O. The molecule has 0 saturated carbocycles. The van der Waals surface area contributed by atoms with Gasteiger partial charge in [0.05, 0.1) is 6.10 Å². The minimum absolute atomic E-state index is 0.297. The van der Waals surface area contributed by atoms with Crippen LogP contribution in [0, 0.1) is 5.82 Å². The average molecular weight is 218 g/mol. The summed E-state index contributed by atoms with van der Waals surface area (Å²) in [4.78, 5) is 7.64. The normalized spacial score (nSPS) is 12.4. The van der Waals surface area contributed by atoms with Gasteiger partial charge in [0, 0.05) is 24.4 Å². The first kappa shape index (κ1) is 10.7. The highest BCUT2D eigenvalue weighted by Gasteiger charge is 2.09. The summed E-state index contributed by atoms with van der Waals surface area (Å²) in [6, 6.07) is 6.18. The van der Waals surface area contributed by atoms with Crippen LogP contribution in [0.1, 0.15) is 17.2 Å². The van der Waals surface area contributed by atoms with Gasteiger partial charge in [-0.15, -0.1) is 0 Å². The van der Waals surface area contributed by atoms with Crippen molar-refractivity contribution in [3.63, 3.8) is 0 Å². The lowest BCUT2D eigenvalue weighted by atomic mass is 10.0. The smallest absolute Gasteiger partial charge is 0.123 e. The van der Waals surface area contributed by atoms with E-state index < -0.39 is 6.10 Å². The number of aromatic nitrogens is 2. The Morgan fingerprint density at radius 3 is 2.69 bits per heavy atom. The van der Waals surface area contributed by atoms with Crippen LogP contribution in [0.25, 0.3) is 0 Å². The minimum atomic E-state index is -0.706. The van der Waals surface area contributed by atoms with Crippen LogP contribution in [0.3, 0.4) is 0 Å². The SMILES string of the molecule is OC(Cc1cccc(F)c1)c1cncnc1. The van der Waals surface area contributed by atoms with Gasteiger partial charge in [0.2, 0.25) is 0 Å². The molecular weight excluding hydrogens is 207 g/mol. The number of rotatable bonds is 3. The van der Waals surface area contributed by atoms with Gasteiger partial charge in [-0.1, -0.05) is 12.1 Å². The molecule has 0 radical (unpaired) electrons. The van der Waals surface area contributed by atoms with Crippen LogP contribution in [0.4, 0.5) is 4.39 Å². The van der Waals surface area contributed by atoms with Crippen molar-refractivity contribution in [2.24, 2.45) is 0 Å². The van der Waals surface area contributed by atoms with E-state index in [0.29, 0.717) is 12.0 Å². The molecule has 82 valence electrons. The van der Waals surface area contributed by atoms with E-state index in [1.165, 1.54) is 18.5 Å². The summed E-state index contributed by atoms with van der Waals surface area (Å²) in [6.45, 7) is 0. The van der Waals surface area contributed by atoms with Gasteiger partial charge in [-0.05, 0) is 17.7 Å². The third kappa shape index (κ3) is 2.61. The van der Waals surface area contributed by atoms with Gasteiger partial charge in [-0.25, -0.2) is 14.4 Å². The van der Waals surface area contributed by atoms with Crippen LogP contribution in [0.5, 0.6) is 0 Å². The minimum Gasteiger partial charge on any atom is -0.388 e. The highest BCUT2D eigenvalue weighted by molar-refractivity contribution is 5.19. The number of benzene rings is 1. The Morgan fingerprint density at radius 1 is 1.25 bits per heavy atom. The summed E-state index contributed by atoms with van der Waals surface area (Å²) < 4.78 is 12.9. The lowest BCUT2D eigenvalue weighted by Crippen LogP contribution is -2.02. The molecule has 1 heterocycles. The van der Waals surface area contributed by atoms with Crippen LogP contribution in [-0.4, -0.2) is 15.1 Å². The molecule has 1 unspecified atom stereocenters. The molecule has 2 rings (SSSR count). The first-order chi connectivity index (χ1) is 7.75. The fourth-order valence-electron chi connectivity index (χ4n) is 1.49. The van der Waals surface area contributed by atoms with Gasteiger partial charge in [0.25, 0.3) is 0 Å². The number of halogens is 1. The molecule has 1 atom stereocenters. The summed E-state index contributed by atoms with van der Waals surface area (Å²) in [5, 5.41) is 9.86. The van der Waals surface area contributed by atoms with Gasteiger partial charge < -0.3 is 5.11 Å². The average Bonchev–Trinajstić information content (AvgIpc) is 2.30. The third-order valence-corrected chi connectivity index (χ3v) is 2.28. The Bertz CT molecular complexity index is 462. The molecule has 0 saturated heterocycles.